The van der Waals surface area contributed by atoms with Crippen LogP contribution >= 0.6 is 0 Å². The number of rotatable bonds is 4. The van der Waals surface area contributed by atoms with Crippen molar-refractivity contribution in [1.29, 1.82) is 5.26 Å². The second-order valence-electron chi connectivity index (χ2n) is 6.23. The van der Waals surface area contributed by atoms with Gasteiger partial charge in [0.1, 0.15) is 11.9 Å². The minimum absolute atomic E-state index is 0.142. The minimum atomic E-state index is -4.67. The first-order valence-electron chi connectivity index (χ1n) is 8.26. The van der Waals surface area contributed by atoms with Crippen LogP contribution in [-0.4, -0.2) is 21.1 Å². The summed E-state index contributed by atoms with van der Waals surface area (Å²) in [6.45, 7) is -0.142. The topological polar surface area (TPSA) is 96.4 Å². The van der Waals surface area contributed by atoms with Gasteiger partial charge in [0, 0.05) is 12.1 Å². The van der Waals surface area contributed by atoms with E-state index in [1.165, 1.54) is 18.2 Å². The van der Waals surface area contributed by atoms with Crippen molar-refractivity contribution < 1.29 is 26.3 Å². The number of halogens is 3. The van der Waals surface area contributed by atoms with E-state index in [0.717, 1.165) is 22.5 Å². The highest BCUT2D eigenvalue weighted by molar-refractivity contribution is 7.92. The molecule has 1 aliphatic rings. The fourth-order valence-electron chi connectivity index (χ4n) is 2.89. The lowest BCUT2D eigenvalue weighted by Crippen LogP contribution is -2.43. The summed E-state index contributed by atoms with van der Waals surface area (Å²) in [4.78, 5) is -0.489. The van der Waals surface area contributed by atoms with Gasteiger partial charge in [-0.1, -0.05) is 6.07 Å². The maximum absolute atomic E-state index is 13.2. The van der Waals surface area contributed by atoms with Gasteiger partial charge in [-0.2, -0.15) is 18.4 Å². The van der Waals surface area contributed by atoms with Crippen molar-refractivity contribution in [3.8, 4) is 11.8 Å². The number of fused-ring (bicyclic) bond motifs is 1. The monoisotopic (exact) mass is 411 g/mol. The summed E-state index contributed by atoms with van der Waals surface area (Å²) in [6.07, 6.45) is -4.87. The maximum Gasteiger partial charge on any atom is 0.416 e. The SMILES string of the molecule is N#CCCC1CN(S(=O)(=O)c2cccc(C(F)(F)F)c2)c2cc(N)ccc2O1. The molecule has 0 spiro atoms. The van der Waals surface area contributed by atoms with E-state index in [1.54, 1.807) is 0 Å². The van der Waals surface area contributed by atoms with Crippen molar-refractivity contribution >= 4 is 21.4 Å². The van der Waals surface area contributed by atoms with Gasteiger partial charge in [0.05, 0.1) is 28.8 Å². The van der Waals surface area contributed by atoms with Gasteiger partial charge in [0.15, 0.2) is 0 Å². The molecule has 28 heavy (non-hydrogen) atoms. The number of hydrogen-bond acceptors (Lipinski definition) is 5. The fraction of sp³-hybridized carbons (Fsp3) is 0.278. The molecule has 148 valence electrons. The molecule has 0 saturated heterocycles. The molecule has 2 aromatic rings. The van der Waals surface area contributed by atoms with Crippen LogP contribution < -0.4 is 14.8 Å². The van der Waals surface area contributed by atoms with Crippen LogP contribution in [0.1, 0.15) is 18.4 Å². The van der Waals surface area contributed by atoms with Crippen LogP contribution in [0.2, 0.25) is 0 Å². The van der Waals surface area contributed by atoms with E-state index in [1.807, 2.05) is 6.07 Å². The summed E-state index contributed by atoms with van der Waals surface area (Å²) in [5.74, 6) is 0.235. The Morgan fingerprint density at radius 3 is 2.68 bits per heavy atom. The lowest BCUT2D eigenvalue weighted by Gasteiger charge is -2.35. The number of sulfonamides is 1. The molecule has 0 radical (unpaired) electrons. The average molecular weight is 411 g/mol. The summed E-state index contributed by atoms with van der Waals surface area (Å²) in [5.41, 5.74) is 5.12. The molecule has 0 bridgehead atoms. The standard InChI is InChI=1S/C18H16F3N3O3S/c19-18(20,21)12-3-1-5-15(9-12)28(25,26)24-11-14(4-2-8-22)27-17-7-6-13(23)10-16(17)24/h1,3,5-7,9-10,14H,2,4,11,23H2. The van der Waals surface area contributed by atoms with Crippen molar-refractivity contribution in [2.45, 2.75) is 30.0 Å². The highest BCUT2D eigenvalue weighted by atomic mass is 32.2. The molecular weight excluding hydrogens is 395 g/mol. The Hall–Kier alpha value is -2.93. The number of nitrogens with two attached hydrogens (primary N) is 1. The Balaban J connectivity index is 2.07. The number of alkyl halides is 3. The van der Waals surface area contributed by atoms with Crippen LogP contribution in [-0.2, 0) is 16.2 Å². The van der Waals surface area contributed by atoms with Crippen LogP contribution in [0.5, 0.6) is 5.75 Å². The molecule has 0 fully saturated rings. The number of benzene rings is 2. The lowest BCUT2D eigenvalue weighted by molar-refractivity contribution is -0.137. The molecule has 0 aliphatic carbocycles. The molecule has 10 heteroatoms. The van der Waals surface area contributed by atoms with Crippen LogP contribution in [0.4, 0.5) is 24.5 Å². The Kier molecular flexibility index (Phi) is 5.12. The molecule has 1 aliphatic heterocycles. The largest absolute Gasteiger partial charge is 0.486 e. The first-order chi connectivity index (χ1) is 13.1. The van der Waals surface area contributed by atoms with Crippen molar-refractivity contribution in [3.63, 3.8) is 0 Å². The summed E-state index contributed by atoms with van der Waals surface area (Å²) in [7, 11) is -4.32. The van der Waals surface area contributed by atoms with E-state index in [9.17, 15) is 21.6 Å². The molecule has 2 N–H and O–H groups in total. The first-order valence-corrected chi connectivity index (χ1v) is 9.70. The number of anilines is 2. The van der Waals surface area contributed by atoms with Crippen molar-refractivity contribution in [3.05, 3.63) is 48.0 Å². The molecule has 3 rings (SSSR count). The van der Waals surface area contributed by atoms with E-state index >= 15 is 0 Å². The number of nitriles is 1. The van der Waals surface area contributed by atoms with Gasteiger partial charge in [-0.15, -0.1) is 0 Å². The zero-order valence-corrected chi connectivity index (χ0v) is 15.3. The van der Waals surface area contributed by atoms with Crippen LogP contribution in [0, 0.1) is 11.3 Å². The third kappa shape index (κ3) is 3.84. The average Bonchev–Trinajstić information content (AvgIpc) is 2.65. The van der Waals surface area contributed by atoms with Crippen LogP contribution in [0.25, 0.3) is 0 Å². The molecule has 2 aromatic carbocycles. The molecule has 1 unspecified atom stereocenters. The predicted molar refractivity (Wildman–Crippen MR) is 96.1 cm³/mol. The van der Waals surface area contributed by atoms with E-state index in [0.29, 0.717) is 6.07 Å². The van der Waals surface area contributed by atoms with E-state index < -0.39 is 32.8 Å². The van der Waals surface area contributed by atoms with Gasteiger partial charge in [0.2, 0.25) is 0 Å². The Labute approximate surface area is 160 Å². The third-order valence-corrected chi connectivity index (χ3v) is 6.02. The summed E-state index contributed by atoms with van der Waals surface area (Å²) < 4.78 is 72.1. The number of hydrogen-bond donors (Lipinski definition) is 1. The van der Waals surface area contributed by atoms with Crippen LogP contribution in [0.15, 0.2) is 47.4 Å². The molecule has 0 amide bonds. The number of nitrogen functional groups attached to an aromatic ring is 1. The zero-order chi connectivity index (χ0) is 20.5. The van der Waals surface area contributed by atoms with Gasteiger partial charge >= 0.3 is 6.18 Å². The Morgan fingerprint density at radius 2 is 2.00 bits per heavy atom. The van der Waals surface area contributed by atoms with Gasteiger partial charge in [0.25, 0.3) is 10.0 Å². The minimum Gasteiger partial charge on any atom is -0.486 e. The van der Waals surface area contributed by atoms with E-state index in [2.05, 4.69) is 0 Å². The van der Waals surface area contributed by atoms with Crippen molar-refractivity contribution in [2.24, 2.45) is 0 Å². The Bertz CT molecular complexity index is 1030. The normalized spacial score (nSPS) is 16.8. The van der Waals surface area contributed by atoms with Gasteiger partial charge in [-0.3, -0.25) is 4.31 Å². The highest BCUT2D eigenvalue weighted by Crippen LogP contribution is 2.39. The summed E-state index contributed by atoms with van der Waals surface area (Å²) >= 11 is 0. The number of ether oxygens (including phenoxy) is 1. The third-order valence-electron chi connectivity index (χ3n) is 4.24. The van der Waals surface area contributed by atoms with E-state index in [4.69, 9.17) is 15.7 Å². The van der Waals surface area contributed by atoms with Crippen LogP contribution in [0.3, 0.4) is 0 Å². The van der Waals surface area contributed by atoms with Gasteiger partial charge < -0.3 is 10.5 Å². The smallest absolute Gasteiger partial charge is 0.416 e. The zero-order valence-electron chi connectivity index (χ0n) is 14.5. The molecule has 1 heterocycles. The predicted octanol–water partition coefficient (Wildman–Crippen LogP) is 3.55. The number of nitrogens with zero attached hydrogens (tertiary/aromatic N) is 2. The second-order valence-corrected chi connectivity index (χ2v) is 8.09. The Morgan fingerprint density at radius 1 is 1.25 bits per heavy atom. The highest BCUT2D eigenvalue weighted by Gasteiger charge is 2.36. The summed E-state index contributed by atoms with van der Waals surface area (Å²) in [6, 6.07) is 9.94. The molecular formula is C18H16F3N3O3S. The first kappa shape index (κ1) is 19.8. The molecule has 6 nitrogen and oxygen atoms in total. The quantitative estimate of drug-likeness (QED) is 0.776. The fourth-order valence-corrected chi connectivity index (χ4v) is 4.44. The second kappa shape index (κ2) is 7.24. The summed E-state index contributed by atoms with van der Waals surface area (Å²) in [5, 5.41) is 8.78. The molecule has 1 atom stereocenters. The molecule has 0 aromatic heterocycles. The lowest BCUT2D eigenvalue weighted by atomic mass is 10.1. The maximum atomic E-state index is 13.2. The van der Waals surface area contributed by atoms with Gasteiger partial charge in [-0.25, -0.2) is 8.42 Å². The molecule has 0 saturated carbocycles. The van der Waals surface area contributed by atoms with Crippen molar-refractivity contribution in [1.82, 2.24) is 0 Å². The van der Waals surface area contributed by atoms with E-state index in [-0.39, 0.29) is 36.5 Å². The van der Waals surface area contributed by atoms with Gasteiger partial charge in [-0.05, 0) is 42.8 Å². The van der Waals surface area contributed by atoms with Crippen molar-refractivity contribution in [2.75, 3.05) is 16.6 Å².